The van der Waals surface area contributed by atoms with E-state index in [2.05, 4.69) is 55.4 Å². The third-order valence-corrected chi connectivity index (χ3v) is 5.16. The van der Waals surface area contributed by atoms with Gasteiger partial charge in [-0.25, -0.2) is 0 Å². The van der Waals surface area contributed by atoms with Crippen molar-refractivity contribution in [1.29, 1.82) is 0 Å². The van der Waals surface area contributed by atoms with Crippen LogP contribution in [-0.2, 0) is 0 Å². The quantitative estimate of drug-likeness (QED) is 0.426. The smallest absolute Gasteiger partial charge is 0.0354 e. The summed E-state index contributed by atoms with van der Waals surface area (Å²) in [6.07, 6.45) is 13.0. The van der Waals surface area contributed by atoms with Gasteiger partial charge in [-0.15, -0.1) is 0 Å². The molecule has 0 aromatic carbocycles. The lowest BCUT2D eigenvalue weighted by Gasteiger charge is -2.26. The van der Waals surface area contributed by atoms with Gasteiger partial charge in [-0.1, -0.05) is 87.5 Å². The van der Waals surface area contributed by atoms with E-state index in [1.54, 1.807) is 0 Å². The van der Waals surface area contributed by atoms with Crippen LogP contribution in [0.25, 0.3) is 0 Å². The predicted octanol–water partition coefficient (Wildman–Crippen LogP) is 7.86. The van der Waals surface area contributed by atoms with Crippen molar-refractivity contribution >= 4 is 0 Å². The summed E-state index contributed by atoms with van der Waals surface area (Å²) in [4.78, 5) is 0. The average Bonchev–Trinajstić information content (AvgIpc) is 3.03. The van der Waals surface area contributed by atoms with E-state index in [0.717, 1.165) is 11.8 Å². The van der Waals surface area contributed by atoms with Crippen molar-refractivity contribution in [2.75, 3.05) is 0 Å². The molecular formula is C21H44. The van der Waals surface area contributed by atoms with Crippen molar-refractivity contribution in [3.8, 4) is 0 Å². The minimum absolute atomic E-state index is 0.580. The maximum absolute atomic E-state index is 2.36. The number of hydrogen-bond acceptors (Lipinski definition) is 0. The van der Waals surface area contributed by atoms with Gasteiger partial charge >= 0.3 is 0 Å². The van der Waals surface area contributed by atoms with Crippen LogP contribution in [0.15, 0.2) is 0 Å². The minimum atomic E-state index is 0.580. The molecule has 0 amide bonds. The van der Waals surface area contributed by atoms with Crippen molar-refractivity contribution in [3.63, 3.8) is 0 Å². The maximum atomic E-state index is 2.36. The van der Waals surface area contributed by atoms with Crippen LogP contribution in [0.2, 0.25) is 0 Å². The molecule has 128 valence electrons. The lowest BCUT2D eigenvalue weighted by molar-refractivity contribution is 0.246. The van der Waals surface area contributed by atoms with E-state index in [1.807, 2.05) is 0 Å². The van der Waals surface area contributed by atoms with Crippen molar-refractivity contribution in [3.05, 3.63) is 0 Å². The summed E-state index contributed by atoms with van der Waals surface area (Å²) in [5, 5.41) is 0. The lowest BCUT2D eigenvalue weighted by atomic mass is 9.80. The average molecular weight is 297 g/mol. The Morgan fingerprint density at radius 3 is 0.857 bits per heavy atom. The Labute approximate surface area is 136 Å². The van der Waals surface area contributed by atoms with E-state index < -0.39 is 0 Å². The predicted molar refractivity (Wildman–Crippen MR) is 98.8 cm³/mol. The van der Waals surface area contributed by atoms with Gasteiger partial charge in [0.25, 0.3) is 0 Å². The molecule has 0 aliphatic heterocycles. The summed E-state index contributed by atoms with van der Waals surface area (Å²) in [5.74, 6) is 2.02. The third-order valence-electron chi connectivity index (χ3n) is 5.16. The molecule has 0 aromatic heterocycles. The van der Waals surface area contributed by atoms with E-state index in [1.165, 1.54) is 57.8 Å². The summed E-state index contributed by atoms with van der Waals surface area (Å²) >= 11 is 0. The van der Waals surface area contributed by atoms with Gasteiger partial charge in [-0.3, -0.25) is 0 Å². The maximum Gasteiger partial charge on any atom is -0.0354 e. The van der Waals surface area contributed by atoms with E-state index in [-0.39, 0.29) is 0 Å². The first-order chi connectivity index (χ1) is 9.62. The molecule has 0 aromatic rings. The zero-order valence-corrected chi connectivity index (χ0v) is 16.5. The highest BCUT2D eigenvalue weighted by Gasteiger charge is 2.27. The standard InChI is InChI=1S/2C9H18.C3H8/c2*1-9(2,3)8-6-4-5-7-8;1-3-2/h2*8H,4-7H2,1-3H3;3H2,1-2H3. The van der Waals surface area contributed by atoms with E-state index in [4.69, 9.17) is 0 Å². The van der Waals surface area contributed by atoms with E-state index in [9.17, 15) is 0 Å². The molecule has 0 bridgehead atoms. The molecule has 0 nitrogen and oxygen atoms in total. The number of hydrogen-bond donors (Lipinski definition) is 0. The van der Waals surface area contributed by atoms with Gasteiger partial charge in [0.1, 0.15) is 0 Å². The highest BCUT2D eigenvalue weighted by atomic mass is 14.3. The molecular weight excluding hydrogens is 252 g/mol. The van der Waals surface area contributed by atoms with Crippen LogP contribution in [0.1, 0.15) is 113 Å². The Morgan fingerprint density at radius 1 is 0.571 bits per heavy atom. The SMILES string of the molecule is CC(C)(C)C1CCCC1.CC(C)(C)C1CCCC1.CCC. The monoisotopic (exact) mass is 296 g/mol. The Bertz CT molecular complexity index is 200. The molecule has 2 aliphatic rings. The minimum Gasteiger partial charge on any atom is -0.0656 e. The molecule has 2 saturated carbocycles. The second-order valence-electron chi connectivity index (χ2n) is 9.40. The molecule has 0 heterocycles. The summed E-state index contributed by atoms with van der Waals surface area (Å²) < 4.78 is 0. The molecule has 2 fully saturated rings. The second-order valence-corrected chi connectivity index (χ2v) is 9.40. The van der Waals surface area contributed by atoms with Gasteiger partial charge in [0.15, 0.2) is 0 Å². The van der Waals surface area contributed by atoms with Gasteiger partial charge in [0, 0.05) is 0 Å². The van der Waals surface area contributed by atoms with E-state index in [0.29, 0.717) is 10.8 Å². The molecule has 0 heteroatoms. The van der Waals surface area contributed by atoms with Crippen LogP contribution in [0.5, 0.6) is 0 Å². The fourth-order valence-electron chi connectivity index (χ4n) is 3.58. The molecule has 0 spiro atoms. The van der Waals surface area contributed by atoms with Gasteiger partial charge in [0.05, 0.1) is 0 Å². The second kappa shape index (κ2) is 9.90. The first-order valence-electron chi connectivity index (χ1n) is 9.62. The molecule has 0 N–H and O–H groups in total. The van der Waals surface area contributed by atoms with Crippen LogP contribution < -0.4 is 0 Å². The van der Waals surface area contributed by atoms with Crippen LogP contribution in [0, 0.1) is 22.7 Å². The number of rotatable bonds is 0. The molecule has 0 saturated heterocycles. The Balaban J connectivity index is 0.000000322. The molecule has 2 aliphatic carbocycles. The summed E-state index contributed by atoms with van der Waals surface area (Å²) in [6.45, 7) is 18.4. The molecule has 0 unspecified atom stereocenters. The first-order valence-corrected chi connectivity index (χ1v) is 9.62. The summed E-state index contributed by atoms with van der Waals surface area (Å²) in [6, 6.07) is 0. The molecule has 0 atom stereocenters. The zero-order valence-electron chi connectivity index (χ0n) is 16.5. The summed E-state index contributed by atoms with van der Waals surface area (Å²) in [5.41, 5.74) is 1.16. The fraction of sp³-hybridized carbons (Fsp3) is 1.00. The summed E-state index contributed by atoms with van der Waals surface area (Å²) in [7, 11) is 0. The van der Waals surface area contributed by atoms with Crippen LogP contribution >= 0.6 is 0 Å². The fourth-order valence-corrected chi connectivity index (χ4v) is 3.58. The van der Waals surface area contributed by atoms with Crippen molar-refractivity contribution in [2.24, 2.45) is 22.7 Å². The van der Waals surface area contributed by atoms with Gasteiger partial charge in [0.2, 0.25) is 0 Å². The molecule has 2 rings (SSSR count). The van der Waals surface area contributed by atoms with Crippen molar-refractivity contribution in [2.45, 2.75) is 113 Å². The van der Waals surface area contributed by atoms with Crippen LogP contribution in [0.4, 0.5) is 0 Å². The molecule has 21 heavy (non-hydrogen) atoms. The Morgan fingerprint density at radius 2 is 0.762 bits per heavy atom. The van der Waals surface area contributed by atoms with Crippen LogP contribution in [0.3, 0.4) is 0 Å². The van der Waals surface area contributed by atoms with E-state index >= 15 is 0 Å². The van der Waals surface area contributed by atoms with Crippen LogP contribution in [-0.4, -0.2) is 0 Å². The van der Waals surface area contributed by atoms with Gasteiger partial charge in [-0.2, -0.15) is 0 Å². The Hall–Kier alpha value is 0. The molecule has 0 radical (unpaired) electrons. The van der Waals surface area contributed by atoms with Crippen molar-refractivity contribution < 1.29 is 0 Å². The topological polar surface area (TPSA) is 0 Å². The highest BCUT2D eigenvalue weighted by Crippen LogP contribution is 2.39. The van der Waals surface area contributed by atoms with Gasteiger partial charge in [-0.05, 0) is 48.3 Å². The normalized spacial score (nSPS) is 20.6. The Kier molecular flexibility index (Phi) is 9.90. The highest BCUT2D eigenvalue weighted by molar-refractivity contribution is 4.78. The largest absolute Gasteiger partial charge is 0.0656 e. The van der Waals surface area contributed by atoms with Crippen molar-refractivity contribution in [1.82, 2.24) is 0 Å². The third kappa shape index (κ3) is 9.59. The zero-order chi connectivity index (χ0) is 16.5. The first kappa shape index (κ1) is 21.0. The van der Waals surface area contributed by atoms with Gasteiger partial charge < -0.3 is 0 Å². The lowest BCUT2D eigenvalue weighted by Crippen LogP contribution is -2.16.